The highest BCUT2D eigenvalue weighted by Crippen LogP contribution is 1.88. The first-order chi connectivity index (χ1) is 3.85. The number of hydrogen-bond acceptors (Lipinski definition) is 3. The summed E-state index contributed by atoms with van der Waals surface area (Å²) in [5.41, 5.74) is 0.0764. The molecule has 0 aromatic heterocycles. The van der Waals surface area contributed by atoms with Crippen molar-refractivity contribution in [2.24, 2.45) is 0 Å². The number of allylic oxidation sites excluding steroid dienone is 1. The van der Waals surface area contributed by atoms with E-state index in [-0.39, 0.29) is 12.0 Å². The fraction of sp³-hybridized carbons (Fsp3) is 0.200. The minimum absolute atomic E-state index is 0.0139. The second kappa shape index (κ2) is 3.61. The van der Waals surface area contributed by atoms with Crippen LogP contribution in [-0.4, -0.2) is 5.87 Å². The quantitative estimate of drug-likeness (QED) is 0.391. The highest BCUT2D eigenvalue weighted by atomic mass is 14.3. The van der Waals surface area contributed by atoms with Crippen LogP contribution in [0.2, 0.25) is 0 Å². The van der Waals surface area contributed by atoms with Crippen molar-refractivity contribution in [3.63, 3.8) is 0 Å². The van der Waals surface area contributed by atoms with Crippen molar-refractivity contribution in [3.05, 3.63) is 5.57 Å². The van der Waals surface area contributed by atoms with Crippen molar-refractivity contribution in [2.75, 3.05) is 0 Å². The maximum Gasteiger partial charge on any atom is 0.106 e. The second-order valence-corrected chi connectivity index (χ2v) is 1.05. The molecule has 0 heterocycles. The van der Waals surface area contributed by atoms with Gasteiger partial charge in [-0.25, -0.2) is 0 Å². The van der Waals surface area contributed by atoms with E-state index >= 15 is 0 Å². The lowest BCUT2D eigenvalue weighted by molar-refractivity contribution is 1.29. The summed E-state index contributed by atoms with van der Waals surface area (Å²) < 4.78 is 0. The summed E-state index contributed by atoms with van der Waals surface area (Å²) in [6.07, 6.45) is -0.0139. The molecule has 0 fully saturated rings. The average Bonchev–Trinajstić information content (AvgIpc) is 1.83. The van der Waals surface area contributed by atoms with E-state index in [0.29, 0.717) is 0 Å². The molecule has 0 aromatic carbocycles. The van der Waals surface area contributed by atoms with E-state index in [1.54, 1.807) is 12.1 Å². The van der Waals surface area contributed by atoms with Crippen LogP contribution in [0.3, 0.4) is 0 Å². The molecule has 38 valence electrons. The molecule has 8 heavy (non-hydrogen) atoms. The van der Waals surface area contributed by atoms with Gasteiger partial charge in [-0.05, 0) is 5.87 Å². The SMILES string of the molecule is N#CCC(=C=N)C#N. The van der Waals surface area contributed by atoms with Gasteiger partial charge in [-0.3, -0.25) is 5.41 Å². The predicted octanol–water partition coefficient (Wildman–Crippen LogP) is 0.599. The molecule has 1 N–H and O–H groups in total. The first-order valence-electron chi connectivity index (χ1n) is 1.90. The van der Waals surface area contributed by atoms with Crippen LogP contribution in [-0.2, 0) is 0 Å². The predicted molar refractivity (Wildman–Crippen MR) is 27.1 cm³/mol. The molecule has 0 aromatic rings. The fourth-order valence-corrected chi connectivity index (χ4v) is 0.191. The number of nitrogens with one attached hydrogen (secondary N) is 1. The summed E-state index contributed by atoms with van der Waals surface area (Å²) in [6.45, 7) is 0. The van der Waals surface area contributed by atoms with Gasteiger partial charge in [0.1, 0.15) is 11.6 Å². The molecule has 0 amide bonds. The third-order valence-electron chi connectivity index (χ3n) is 0.542. The third kappa shape index (κ3) is 1.77. The van der Waals surface area contributed by atoms with Gasteiger partial charge in [0.25, 0.3) is 0 Å². The molecular formula is C5H3N3. The summed E-state index contributed by atoms with van der Waals surface area (Å²) >= 11 is 0. The molecule has 0 unspecified atom stereocenters. The first-order valence-corrected chi connectivity index (χ1v) is 1.90. The fourth-order valence-electron chi connectivity index (χ4n) is 0.191. The van der Waals surface area contributed by atoms with Gasteiger partial charge in [-0.15, -0.1) is 0 Å². The lowest BCUT2D eigenvalue weighted by Gasteiger charge is -1.73. The van der Waals surface area contributed by atoms with Crippen LogP contribution in [0, 0.1) is 28.1 Å². The summed E-state index contributed by atoms with van der Waals surface area (Å²) in [7, 11) is 0. The number of nitriles is 2. The van der Waals surface area contributed by atoms with Crippen molar-refractivity contribution in [1.82, 2.24) is 0 Å². The maximum atomic E-state index is 8.04. The van der Waals surface area contributed by atoms with Gasteiger partial charge in [-0.1, -0.05) is 0 Å². The van der Waals surface area contributed by atoms with Crippen LogP contribution in [0.1, 0.15) is 6.42 Å². The summed E-state index contributed by atoms with van der Waals surface area (Å²) in [4.78, 5) is 0. The molecule has 0 aliphatic rings. The molecule has 0 saturated carbocycles. The molecule has 0 radical (unpaired) electrons. The smallest absolute Gasteiger partial charge is 0.106 e. The van der Waals surface area contributed by atoms with Gasteiger partial charge in [0.2, 0.25) is 0 Å². The summed E-state index contributed by atoms with van der Waals surface area (Å²) in [5.74, 6) is 1.84. The molecule has 0 rings (SSSR count). The van der Waals surface area contributed by atoms with Crippen molar-refractivity contribution in [2.45, 2.75) is 6.42 Å². The van der Waals surface area contributed by atoms with E-state index in [9.17, 15) is 0 Å². The van der Waals surface area contributed by atoms with Gasteiger partial charge in [0.05, 0.1) is 12.5 Å². The topological polar surface area (TPSA) is 71.4 Å². The Balaban J connectivity index is 4.04. The van der Waals surface area contributed by atoms with E-state index in [4.69, 9.17) is 15.9 Å². The Labute approximate surface area is 47.0 Å². The zero-order chi connectivity index (χ0) is 6.41. The second-order valence-electron chi connectivity index (χ2n) is 1.05. The van der Waals surface area contributed by atoms with Gasteiger partial charge in [-0.2, -0.15) is 10.5 Å². The number of hydrogen-bond donors (Lipinski definition) is 1. The Hall–Kier alpha value is -1.57. The van der Waals surface area contributed by atoms with Crippen LogP contribution in [0.5, 0.6) is 0 Å². The first kappa shape index (κ1) is 6.43. The van der Waals surface area contributed by atoms with E-state index in [0.717, 1.165) is 0 Å². The minimum atomic E-state index is -0.0139. The molecule has 3 nitrogen and oxygen atoms in total. The number of nitrogens with zero attached hydrogens (tertiary/aromatic N) is 2. The van der Waals surface area contributed by atoms with E-state index in [1.807, 2.05) is 5.87 Å². The maximum absolute atomic E-state index is 8.04. The Morgan fingerprint density at radius 3 is 2.25 bits per heavy atom. The Morgan fingerprint density at radius 2 is 2.12 bits per heavy atom. The Bertz CT molecular complexity index is 197. The van der Waals surface area contributed by atoms with E-state index in [1.165, 1.54) is 0 Å². The van der Waals surface area contributed by atoms with Crippen LogP contribution >= 0.6 is 0 Å². The average molecular weight is 105 g/mol. The van der Waals surface area contributed by atoms with Gasteiger partial charge >= 0.3 is 0 Å². The molecule has 0 atom stereocenters. The van der Waals surface area contributed by atoms with E-state index in [2.05, 4.69) is 0 Å². The zero-order valence-corrected chi connectivity index (χ0v) is 4.10. The molecule has 0 aliphatic carbocycles. The molecule has 3 heteroatoms. The van der Waals surface area contributed by atoms with Crippen molar-refractivity contribution in [1.29, 1.82) is 15.9 Å². The van der Waals surface area contributed by atoms with Gasteiger partial charge < -0.3 is 0 Å². The van der Waals surface area contributed by atoms with E-state index < -0.39 is 0 Å². The number of rotatable bonds is 1. The lowest BCUT2D eigenvalue weighted by atomic mass is 10.2. The van der Waals surface area contributed by atoms with Crippen LogP contribution in [0.25, 0.3) is 0 Å². The highest BCUT2D eigenvalue weighted by Gasteiger charge is 1.88. The monoisotopic (exact) mass is 105 g/mol. The van der Waals surface area contributed by atoms with Crippen molar-refractivity contribution < 1.29 is 0 Å². The van der Waals surface area contributed by atoms with Gasteiger partial charge in [0, 0.05) is 0 Å². The van der Waals surface area contributed by atoms with Gasteiger partial charge in [0.15, 0.2) is 0 Å². The van der Waals surface area contributed by atoms with Crippen LogP contribution < -0.4 is 0 Å². The summed E-state index contributed by atoms with van der Waals surface area (Å²) in [6, 6.07) is 3.38. The molecule has 0 aliphatic heterocycles. The normalized spacial score (nSPS) is 5.75. The zero-order valence-electron chi connectivity index (χ0n) is 4.10. The van der Waals surface area contributed by atoms with Crippen molar-refractivity contribution >= 4 is 5.87 Å². The standard InChI is InChI=1S/C5H3N3/c6-2-1-5(3-7)4-8/h7H,1H2. The van der Waals surface area contributed by atoms with Crippen molar-refractivity contribution in [3.8, 4) is 12.1 Å². The van der Waals surface area contributed by atoms with Crippen LogP contribution in [0.15, 0.2) is 5.57 Å². The van der Waals surface area contributed by atoms with Crippen LogP contribution in [0.4, 0.5) is 0 Å². The Kier molecular flexibility index (Phi) is 2.90. The summed E-state index contributed by atoms with van der Waals surface area (Å²) in [5, 5.41) is 22.4. The third-order valence-corrected chi connectivity index (χ3v) is 0.542. The highest BCUT2D eigenvalue weighted by molar-refractivity contribution is 5.60. The molecule has 0 saturated heterocycles. The molecule has 0 bridgehead atoms. The largest absolute Gasteiger partial charge is 0.258 e. The minimum Gasteiger partial charge on any atom is -0.258 e. The molecular weight excluding hydrogens is 102 g/mol. The molecule has 0 spiro atoms. The lowest BCUT2D eigenvalue weighted by Crippen LogP contribution is -1.73. The Morgan fingerprint density at radius 1 is 1.50 bits per heavy atom.